The van der Waals surface area contributed by atoms with Gasteiger partial charge in [0.05, 0.1) is 78.2 Å². The number of aliphatic imine (C=N–C) groups is 7. The monoisotopic (exact) mass is 2220 g/mol. The number of hydroxylamine groups is 3. The summed E-state index contributed by atoms with van der Waals surface area (Å²) in [7, 11) is -21.9. The number of benzene rings is 4. The van der Waals surface area contributed by atoms with E-state index in [9.17, 15) is 88.5 Å². The molecule has 712 valence electrons. The zero-order valence-corrected chi connectivity index (χ0v) is 80.0. The normalized spacial score (nSPS) is 11.9. The second kappa shape index (κ2) is 54.2. The van der Waals surface area contributed by atoms with Crippen molar-refractivity contribution in [1.29, 1.82) is 0 Å². The fourth-order valence-corrected chi connectivity index (χ4v) is 13.1. The number of hydrogen-bond acceptors (Lipinski definition) is 42. The van der Waals surface area contributed by atoms with Crippen LogP contribution in [-0.2, 0) is 60.1 Å². The molecule has 130 heavy (non-hydrogen) atoms. The molecule has 54 nitrogen and oxygen atoms in total. The fourth-order valence-electron chi connectivity index (χ4n) is 8.77. The molecule has 0 saturated heterocycles. The molecule has 0 aliphatic heterocycles. The van der Waals surface area contributed by atoms with Crippen molar-refractivity contribution in [2.45, 2.75) is 40.5 Å². The Hall–Kier alpha value is -10.8. The number of sulfonamides is 6. The molecule has 5 aromatic heterocycles. The van der Waals surface area contributed by atoms with E-state index in [4.69, 9.17) is 20.6 Å². The number of amidine groups is 3. The first-order valence-corrected chi connectivity index (χ1v) is 48.8. The van der Waals surface area contributed by atoms with Crippen LogP contribution in [0.2, 0.25) is 0 Å². The minimum Gasteiger partial charge on any atom is -0.870 e. The van der Waals surface area contributed by atoms with Gasteiger partial charge in [-0.25, -0.2) is 111 Å². The molecule has 4 aromatic carbocycles. The van der Waals surface area contributed by atoms with Crippen molar-refractivity contribution in [3.05, 3.63) is 142 Å². The van der Waals surface area contributed by atoms with Crippen LogP contribution in [0.1, 0.15) is 57.6 Å². The van der Waals surface area contributed by atoms with Gasteiger partial charge in [-0.3, -0.25) is 84.9 Å². The molecule has 0 spiro atoms. The quantitative estimate of drug-likeness (QED) is 0.00620. The van der Waals surface area contributed by atoms with Crippen molar-refractivity contribution >= 4 is 206 Å². The van der Waals surface area contributed by atoms with Gasteiger partial charge in [-0.2, -0.15) is 0 Å². The largest absolute Gasteiger partial charge is 1.00 e. The van der Waals surface area contributed by atoms with Gasteiger partial charge in [-0.15, -0.1) is 0 Å². The van der Waals surface area contributed by atoms with Crippen molar-refractivity contribution in [3.8, 4) is 17.2 Å². The number of halogens is 8. The Morgan fingerprint density at radius 3 is 0.977 bits per heavy atom. The Kier molecular flexibility index (Phi) is 48.0. The smallest absolute Gasteiger partial charge is 0.870 e. The summed E-state index contributed by atoms with van der Waals surface area (Å²) >= 11 is 12.2. The van der Waals surface area contributed by atoms with Gasteiger partial charge in [0.1, 0.15) is 23.3 Å². The zero-order chi connectivity index (χ0) is 93.3. The molecule has 0 aliphatic rings. The number of nitrogens with one attached hydrogen (secondary N) is 13. The Morgan fingerprint density at radius 2 is 0.685 bits per heavy atom. The van der Waals surface area contributed by atoms with Crippen LogP contribution in [0.4, 0.5) is 57.9 Å². The van der Waals surface area contributed by atoms with E-state index in [0.717, 1.165) is 42.1 Å². The molecule has 0 aliphatic carbocycles. The maximum absolute atomic E-state index is 13.5. The van der Waals surface area contributed by atoms with E-state index in [1.807, 2.05) is 40.1 Å². The van der Waals surface area contributed by atoms with E-state index in [1.54, 1.807) is 0 Å². The first kappa shape index (κ1) is 115. The number of nitrogens with two attached hydrogens (primary N) is 2. The molecule has 0 amide bonds. The second-order valence-electron chi connectivity index (χ2n) is 24.4. The van der Waals surface area contributed by atoms with E-state index >= 15 is 0 Å². The van der Waals surface area contributed by atoms with Crippen molar-refractivity contribution in [1.82, 2.24) is 95.7 Å². The average Bonchev–Trinajstić information content (AvgIpc) is 1.63. The SMILES string of the molecule is C.C.CS(=O)(=O)NC(=NCCCNc1nonc1C(=Nc1ccc(F)c(Br)c1)NO)NS(C)(=O)=O.CS(=O)(=O)NC(=NCCCNc1nonc1C(=Nc1ccc(F)c(Br)c1)NO)NS(C)(=O)=O.CS(=O)(=O)NC(N)=NCCCNc1nonc1-c1noc(=O)n1-c1ccc(F)c(Br)c1.CS(=O)(=O)NC(N)=NCCCNc1nonc1C(=Nc1ccc(F)c(Br)c1)NO.[Na+].[OH-]. The molecule has 0 radical (unpaired) electrons. The molecule has 0 atom stereocenters. The molecule has 0 unspecified atom stereocenters. The van der Waals surface area contributed by atoms with Gasteiger partial charge in [0.2, 0.25) is 113 Å². The van der Waals surface area contributed by atoms with Crippen LogP contribution in [0, 0.1) is 23.3 Å². The number of guanidine groups is 4. The Labute approximate surface area is 793 Å². The van der Waals surface area contributed by atoms with Gasteiger partial charge < -0.3 is 38.2 Å². The third kappa shape index (κ3) is 42.0. The minimum atomic E-state index is -3.74. The second-order valence-corrected chi connectivity index (χ2v) is 38.3. The molecule has 9 aromatic rings. The molecule has 5 heterocycles. The van der Waals surface area contributed by atoms with Gasteiger partial charge in [0.15, 0.2) is 40.3 Å². The van der Waals surface area contributed by atoms with Crippen LogP contribution in [0.25, 0.3) is 17.2 Å². The Morgan fingerprint density at radius 1 is 0.408 bits per heavy atom. The maximum atomic E-state index is 13.5. The predicted octanol–water partition coefficient (Wildman–Crippen LogP) is -0.194. The molecule has 21 N–H and O–H groups in total. The van der Waals surface area contributed by atoms with Gasteiger partial charge in [0.25, 0.3) is 0 Å². The summed E-state index contributed by atoms with van der Waals surface area (Å²) in [5.74, 6) is -3.79. The number of anilines is 4. The Balaban J connectivity index is 0.000000581. The number of nitrogens with zero attached hydrogens (tertiary/aromatic N) is 17. The van der Waals surface area contributed by atoms with Crippen LogP contribution in [0.5, 0.6) is 0 Å². The first-order valence-electron chi connectivity index (χ1n) is 34.3. The van der Waals surface area contributed by atoms with Crippen LogP contribution in [0.15, 0.2) is 153 Å². The van der Waals surface area contributed by atoms with E-state index in [0.29, 0.717) is 55.8 Å². The average molecular weight is 2230 g/mol. The van der Waals surface area contributed by atoms with Gasteiger partial charge in [-0.1, -0.05) is 20.0 Å². The Bertz CT molecular complexity index is 6010. The zero-order valence-electron chi connectivity index (χ0n) is 66.8. The topological polar surface area (TPSA) is 794 Å². The molecule has 0 saturated carbocycles. The van der Waals surface area contributed by atoms with Gasteiger partial charge >= 0.3 is 35.3 Å². The molecule has 0 fully saturated rings. The van der Waals surface area contributed by atoms with Crippen LogP contribution < -0.4 is 113 Å². The van der Waals surface area contributed by atoms with E-state index in [-0.39, 0.29) is 194 Å². The third-order valence-corrected chi connectivity index (χ3v) is 19.5. The van der Waals surface area contributed by atoms with Crippen molar-refractivity contribution < 1.29 is 142 Å². The summed E-state index contributed by atoms with van der Waals surface area (Å²) in [6, 6.07) is 15.9. The van der Waals surface area contributed by atoms with Crippen molar-refractivity contribution in [2.24, 2.45) is 46.4 Å². The molecule has 0 bridgehead atoms. The number of hydrogen-bond donors (Lipinski definition) is 18. The molecule has 69 heteroatoms. The molecule has 9 rings (SSSR count). The van der Waals surface area contributed by atoms with E-state index in [2.05, 4.69) is 185 Å². The van der Waals surface area contributed by atoms with Crippen LogP contribution >= 0.6 is 63.7 Å². The van der Waals surface area contributed by atoms with Crippen LogP contribution in [-0.4, -0.2) is 254 Å². The molecular weight excluding hydrogens is 2140 g/mol. The van der Waals surface area contributed by atoms with Crippen molar-refractivity contribution in [3.63, 3.8) is 0 Å². The standard InChI is InChI=1S/2C15H20BrFN8O6S2.C15H16BrFN8O5S.C14H18BrFN8O4S.2CH4.Na.H2O/c2*1-32(27,28)24-15(25-33(2,29)30)19-7-3-6-18-13-12(22-31-23-13)14(21-26)20-9-4-5-11(17)10(16)8-9;1-31(27,28)24-14(18)20-6-2-5-19-12-11(21-30-22-12)13-23-29-15(26)25(13)8-3-4-10(17)9(16)7-8;1-29(26,27)24-14(17)19-6-2-5-18-12-11(22-28-23-12)13(21-25)20-8-3-4-10(16)9(15)7-8;;;;/h2*4-5,8,26H,3,6-7H2,1-2H3,(H,18,23)(H,20,21)(H2,19,24,25);3-4,7H,2,5-6H2,1H3,(H,19,22)(H3,18,20,24);3-4,7,25H,2,5-6H2,1H3,(H,18,23)(H,20,21)(H3,17,19,24);2*1H4;;1H2/q;;;;;;+1;/p-1. The van der Waals surface area contributed by atoms with Gasteiger partial charge in [0, 0.05) is 52.4 Å². The van der Waals surface area contributed by atoms with Crippen LogP contribution in [0.3, 0.4) is 0 Å². The summed E-state index contributed by atoms with van der Waals surface area (Å²) in [4.78, 5) is 40.0. The van der Waals surface area contributed by atoms with Gasteiger partial charge in [-0.05, 0) is 203 Å². The summed E-state index contributed by atoms with van der Waals surface area (Å²) in [6.07, 6.45) is 6.90. The number of aromatic nitrogens is 10. The predicted molar refractivity (Wildman–Crippen MR) is 475 cm³/mol. The summed E-state index contributed by atoms with van der Waals surface area (Å²) in [5.41, 5.74) is 18.0. The number of rotatable bonds is 34. The fraction of sp³-hybridized carbons (Fsp3) is 0.328. The third-order valence-electron chi connectivity index (χ3n) is 13.7. The van der Waals surface area contributed by atoms with Crippen molar-refractivity contribution in [2.75, 3.05) is 111 Å². The molecular formula is C61H83Br4F4N32NaO22S6. The van der Waals surface area contributed by atoms with E-state index in [1.165, 1.54) is 72.8 Å². The summed E-state index contributed by atoms with van der Waals surface area (Å²) < 4.78 is 226. The summed E-state index contributed by atoms with van der Waals surface area (Å²) in [6.45, 7) is 1.70. The first-order chi connectivity index (χ1) is 59.1. The minimum absolute atomic E-state index is 0. The maximum Gasteiger partial charge on any atom is 1.00 e. The summed E-state index contributed by atoms with van der Waals surface area (Å²) in [5, 5.41) is 73.1. The van der Waals surface area contributed by atoms with E-state index < -0.39 is 101 Å².